The molecule has 1 N–H and O–H groups in total. The van der Waals surface area contributed by atoms with Gasteiger partial charge in [0.05, 0.1) is 0 Å². The molecule has 5 rings (SSSR count). The molecule has 0 radical (unpaired) electrons. The lowest BCUT2D eigenvalue weighted by molar-refractivity contribution is -0.121. The highest BCUT2D eigenvalue weighted by atomic mass is 16.3. The number of benzene rings is 1. The minimum Gasteiger partial charge on any atom is -0.456 e. The number of hydrogen-bond donors (Lipinski definition) is 1. The summed E-state index contributed by atoms with van der Waals surface area (Å²) in [6, 6.07) is 12.6. The van der Waals surface area contributed by atoms with Crippen molar-refractivity contribution in [2.45, 2.75) is 62.8 Å². The van der Waals surface area contributed by atoms with Gasteiger partial charge in [-0.25, -0.2) is 0 Å². The lowest BCUT2D eigenvalue weighted by Gasteiger charge is -2.40. The van der Waals surface area contributed by atoms with Crippen molar-refractivity contribution in [2.75, 3.05) is 13.1 Å². The van der Waals surface area contributed by atoms with Crippen molar-refractivity contribution < 1.29 is 14.0 Å². The average Bonchev–Trinajstić information content (AvgIpc) is 3.35. The number of likely N-dealkylation sites (tertiary alicyclic amines) is 1. The van der Waals surface area contributed by atoms with Crippen LogP contribution >= 0.6 is 0 Å². The topological polar surface area (TPSA) is 62.6 Å². The first-order chi connectivity index (χ1) is 14.0. The van der Waals surface area contributed by atoms with E-state index in [9.17, 15) is 9.59 Å². The summed E-state index contributed by atoms with van der Waals surface area (Å²) in [4.78, 5) is 27.1. The van der Waals surface area contributed by atoms with E-state index >= 15 is 0 Å². The third-order valence-corrected chi connectivity index (χ3v) is 6.94. The Labute approximate surface area is 171 Å². The van der Waals surface area contributed by atoms with Gasteiger partial charge in [0.15, 0.2) is 5.76 Å². The van der Waals surface area contributed by atoms with E-state index < -0.39 is 0 Å². The van der Waals surface area contributed by atoms with Gasteiger partial charge in [-0.1, -0.05) is 24.3 Å². The predicted octanol–water partition coefficient (Wildman–Crippen LogP) is 3.92. The van der Waals surface area contributed by atoms with Crippen LogP contribution in [0.15, 0.2) is 40.8 Å². The van der Waals surface area contributed by atoms with Gasteiger partial charge >= 0.3 is 0 Å². The van der Waals surface area contributed by atoms with Gasteiger partial charge in [-0.2, -0.15) is 0 Å². The van der Waals surface area contributed by atoms with Crippen LogP contribution in [0.2, 0.25) is 0 Å². The Balaban J connectivity index is 1.30. The average molecular weight is 392 g/mol. The third-order valence-electron chi connectivity index (χ3n) is 6.94. The summed E-state index contributed by atoms with van der Waals surface area (Å²) in [5.41, 5.74) is 2.81. The van der Waals surface area contributed by atoms with Crippen LogP contribution < -0.4 is 5.32 Å². The first kappa shape index (κ1) is 18.5. The summed E-state index contributed by atoms with van der Waals surface area (Å²) in [5, 5.41) is 3.14. The molecule has 1 spiro atoms. The van der Waals surface area contributed by atoms with Crippen LogP contribution in [0.3, 0.4) is 0 Å². The third kappa shape index (κ3) is 3.47. The van der Waals surface area contributed by atoms with Gasteiger partial charge in [0.25, 0.3) is 5.91 Å². The Morgan fingerprint density at radius 2 is 1.90 bits per heavy atom. The molecule has 1 atom stereocenters. The molecule has 1 aromatic carbocycles. The van der Waals surface area contributed by atoms with Crippen LogP contribution in [0.1, 0.15) is 71.9 Å². The Morgan fingerprint density at radius 1 is 1.14 bits per heavy atom. The van der Waals surface area contributed by atoms with E-state index in [1.54, 1.807) is 6.07 Å². The summed E-state index contributed by atoms with van der Waals surface area (Å²) in [7, 11) is 0. The molecule has 3 aliphatic rings. The van der Waals surface area contributed by atoms with Crippen molar-refractivity contribution in [3.8, 4) is 0 Å². The highest BCUT2D eigenvalue weighted by Crippen LogP contribution is 2.52. The fourth-order valence-electron chi connectivity index (χ4n) is 5.26. The molecule has 2 aliphatic carbocycles. The predicted molar refractivity (Wildman–Crippen MR) is 110 cm³/mol. The molecule has 5 heteroatoms. The molecule has 2 amide bonds. The fourth-order valence-corrected chi connectivity index (χ4v) is 5.26. The molecule has 2 fully saturated rings. The van der Waals surface area contributed by atoms with Crippen LogP contribution in [0.5, 0.6) is 0 Å². The second-order valence-corrected chi connectivity index (χ2v) is 9.02. The Bertz CT molecular complexity index is 935. The van der Waals surface area contributed by atoms with Crippen LogP contribution in [0, 0.1) is 6.92 Å². The number of carbonyl (C=O) groups excluding carboxylic acids is 2. The highest BCUT2D eigenvalue weighted by Gasteiger charge is 2.46. The zero-order valence-electron chi connectivity index (χ0n) is 16.9. The number of nitrogens with zero attached hydrogens (tertiary/aromatic N) is 1. The molecular formula is C24H28N2O3. The molecule has 2 heterocycles. The van der Waals surface area contributed by atoms with Gasteiger partial charge in [0, 0.05) is 25.6 Å². The molecule has 5 nitrogen and oxygen atoms in total. The lowest BCUT2D eigenvalue weighted by atomic mass is 9.73. The van der Waals surface area contributed by atoms with E-state index in [-0.39, 0.29) is 23.1 Å². The van der Waals surface area contributed by atoms with Gasteiger partial charge in [-0.3, -0.25) is 9.59 Å². The number of furan rings is 1. The van der Waals surface area contributed by atoms with Gasteiger partial charge in [0.2, 0.25) is 5.91 Å². The number of nitrogens with one attached hydrogen (secondary N) is 1. The Morgan fingerprint density at radius 3 is 2.59 bits per heavy atom. The second-order valence-electron chi connectivity index (χ2n) is 9.02. The molecular weight excluding hydrogens is 364 g/mol. The molecule has 0 bridgehead atoms. The highest BCUT2D eigenvalue weighted by molar-refractivity contribution is 5.91. The smallest absolute Gasteiger partial charge is 0.289 e. The Kier molecular flexibility index (Phi) is 4.49. The Hall–Kier alpha value is -2.56. The van der Waals surface area contributed by atoms with Crippen LogP contribution in [0.4, 0.5) is 0 Å². The van der Waals surface area contributed by atoms with Crippen LogP contribution in [-0.2, 0) is 10.2 Å². The number of fused-ring (bicyclic) bond motifs is 2. The van der Waals surface area contributed by atoms with Gasteiger partial charge in [-0.05, 0) is 73.6 Å². The van der Waals surface area contributed by atoms with E-state index in [0.717, 1.165) is 51.0 Å². The standard InChI is InChI=1S/C24H28N2O3/c1-16-6-9-21(29-16)23(28)26-12-10-24(11-13-26)15-17(14-22(27)25-18-7-8-18)19-4-2-3-5-20(19)24/h2-6,9,17-18H,7-8,10-15H2,1H3,(H,25,27)/t17-/m1/s1. The first-order valence-corrected chi connectivity index (χ1v) is 10.8. The van der Waals surface area contributed by atoms with Crippen molar-refractivity contribution in [2.24, 2.45) is 0 Å². The molecule has 152 valence electrons. The van der Waals surface area contributed by atoms with Crippen molar-refractivity contribution in [1.82, 2.24) is 10.2 Å². The zero-order valence-corrected chi connectivity index (χ0v) is 16.9. The lowest BCUT2D eigenvalue weighted by Crippen LogP contribution is -2.44. The molecule has 1 saturated heterocycles. The molecule has 1 saturated carbocycles. The summed E-state index contributed by atoms with van der Waals surface area (Å²) < 4.78 is 5.53. The molecule has 1 aromatic heterocycles. The molecule has 0 unspecified atom stereocenters. The quantitative estimate of drug-likeness (QED) is 0.858. The van der Waals surface area contributed by atoms with Gasteiger partial charge in [-0.15, -0.1) is 0 Å². The zero-order chi connectivity index (χ0) is 20.0. The summed E-state index contributed by atoms with van der Waals surface area (Å²) >= 11 is 0. The summed E-state index contributed by atoms with van der Waals surface area (Å²) in [6.45, 7) is 3.32. The maximum absolute atomic E-state index is 12.8. The van der Waals surface area contributed by atoms with Gasteiger partial charge < -0.3 is 14.6 Å². The van der Waals surface area contributed by atoms with Gasteiger partial charge in [0.1, 0.15) is 5.76 Å². The van der Waals surface area contributed by atoms with Crippen LogP contribution in [0.25, 0.3) is 0 Å². The monoisotopic (exact) mass is 392 g/mol. The number of carbonyl (C=O) groups is 2. The van der Waals surface area contributed by atoms with E-state index in [1.807, 2.05) is 17.9 Å². The number of amides is 2. The molecule has 2 aromatic rings. The molecule has 29 heavy (non-hydrogen) atoms. The van der Waals surface area contributed by atoms with Crippen LogP contribution in [-0.4, -0.2) is 35.8 Å². The number of rotatable bonds is 4. The van der Waals surface area contributed by atoms with E-state index in [0.29, 0.717) is 18.2 Å². The maximum atomic E-state index is 12.8. The second kappa shape index (κ2) is 7.05. The number of hydrogen-bond acceptors (Lipinski definition) is 3. The van der Waals surface area contributed by atoms with Crippen molar-refractivity contribution in [3.05, 3.63) is 59.0 Å². The normalized spacial score (nSPS) is 22.5. The summed E-state index contributed by atoms with van der Waals surface area (Å²) in [5.74, 6) is 1.64. The maximum Gasteiger partial charge on any atom is 0.289 e. The minimum absolute atomic E-state index is 0.0143. The van der Waals surface area contributed by atoms with Crippen molar-refractivity contribution in [3.63, 3.8) is 0 Å². The largest absolute Gasteiger partial charge is 0.456 e. The first-order valence-electron chi connectivity index (χ1n) is 10.8. The van der Waals surface area contributed by atoms with Crippen molar-refractivity contribution in [1.29, 1.82) is 0 Å². The molecule has 1 aliphatic heterocycles. The summed E-state index contributed by atoms with van der Waals surface area (Å²) in [6.07, 6.45) is 5.70. The SMILES string of the molecule is Cc1ccc(C(=O)N2CCC3(CC2)C[C@@H](CC(=O)NC2CC2)c2ccccc23)o1. The fraction of sp³-hybridized carbons (Fsp3) is 0.500. The number of piperidine rings is 1. The van der Waals surface area contributed by atoms with E-state index in [1.165, 1.54) is 11.1 Å². The van der Waals surface area contributed by atoms with E-state index in [4.69, 9.17) is 4.42 Å². The van der Waals surface area contributed by atoms with Crippen molar-refractivity contribution >= 4 is 11.8 Å². The van der Waals surface area contributed by atoms with E-state index in [2.05, 4.69) is 29.6 Å². The minimum atomic E-state index is -0.0143. The number of aryl methyl sites for hydroxylation is 1.